The summed E-state index contributed by atoms with van der Waals surface area (Å²) in [6.45, 7) is 6.28. The van der Waals surface area contributed by atoms with Crippen molar-refractivity contribution < 1.29 is 4.79 Å². The third-order valence-electron chi connectivity index (χ3n) is 2.59. The number of unbranched alkanes of at least 4 members (excludes halogenated alkanes) is 2. The van der Waals surface area contributed by atoms with Crippen LogP contribution in [-0.4, -0.2) is 37.0 Å². The highest BCUT2D eigenvalue weighted by Crippen LogP contribution is 2.04. The van der Waals surface area contributed by atoms with Crippen LogP contribution in [0.5, 0.6) is 0 Å². The van der Waals surface area contributed by atoms with Gasteiger partial charge in [0, 0.05) is 20.1 Å². The number of amides is 1. The molecule has 3 nitrogen and oxygen atoms in total. The lowest BCUT2D eigenvalue weighted by Gasteiger charge is -2.22. The van der Waals surface area contributed by atoms with Gasteiger partial charge in [0.15, 0.2) is 0 Å². The Labute approximate surface area is 94.2 Å². The monoisotopic (exact) mass is 214 g/mol. The summed E-state index contributed by atoms with van der Waals surface area (Å²) < 4.78 is 0. The number of hydrogen-bond donors (Lipinski definition) is 1. The van der Waals surface area contributed by atoms with E-state index in [0.29, 0.717) is 6.04 Å². The number of nitrogens with zero attached hydrogens (tertiary/aromatic N) is 1. The lowest BCUT2D eigenvalue weighted by molar-refractivity contribution is -0.130. The van der Waals surface area contributed by atoms with Crippen LogP contribution < -0.4 is 5.32 Å². The first-order valence-electron chi connectivity index (χ1n) is 5.96. The molecule has 0 spiro atoms. The Morgan fingerprint density at radius 1 is 1.27 bits per heavy atom. The molecule has 15 heavy (non-hydrogen) atoms. The molecule has 0 fully saturated rings. The number of carbonyl (C=O) groups is 1. The van der Waals surface area contributed by atoms with Crippen molar-refractivity contribution in [2.75, 3.05) is 14.1 Å². The van der Waals surface area contributed by atoms with Gasteiger partial charge in [-0.15, -0.1) is 0 Å². The van der Waals surface area contributed by atoms with Gasteiger partial charge in [-0.3, -0.25) is 4.79 Å². The number of rotatable bonds is 7. The van der Waals surface area contributed by atoms with Crippen molar-refractivity contribution in [1.82, 2.24) is 10.2 Å². The third kappa shape index (κ3) is 6.50. The minimum atomic E-state index is -0.0726. The lowest BCUT2D eigenvalue weighted by Crippen LogP contribution is -2.45. The average molecular weight is 214 g/mol. The van der Waals surface area contributed by atoms with E-state index in [1.54, 1.807) is 19.0 Å². The minimum Gasteiger partial charge on any atom is -0.347 e. The zero-order valence-corrected chi connectivity index (χ0v) is 10.8. The quantitative estimate of drug-likeness (QED) is 0.658. The highest BCUT2D eigenvalue weighted by molar-refractivity contribution is 5.80. The predicted molar refractivity (Wildman–Crippen MR) is 64.9 cm³/mol. The molecule has 0 aliphatic heterocycles. The molecule has 0 aromatic rings. The molecule has 0 aliphatic rings. The molecule has 3 heteroatoms. The van der Waals surface area contributed by atoms with Crippen molar-refractivity contribution in [1.29, 1.82) is 0 Å². The fraction of sp³-hybridized carbons (Fsp3) is 0.917. The number of likely N-dealkylation sites (N-methyl/N-ethyl adjacent to an activating group) is 1. The van der Waals surface area contributed by atoms with E-state index < -0.39 is 0 Å². The van der Waals surface area contributed by atoms with Crippen LogP contribution in [0.2, 0.25) is 0 Å². The first kappa shape index (κ1) is 14.4. The number of carbonyl (C=O) groups excluding carboxylic acids is 1. The highest BCUT2D eigenvalue weighted by atomic mass is 16.2. The first-order valence-corrected chi connectivity index (χ1v) is 5.96. The summed E-state index contributed by atoms with van der Waals surface area (Å²) in [7, 11) is 3.59. The predicted octanol–water partition coefficient (Wildman–Crippen LogP) is 2.02. The van der Waals surface area contributed by atoms with Gasteiger partial charge in [-0.1, -0.05) is 26.2 Å². The van der Waals surface area contributed by atoms with E-state index in [-0.39, 0.29) is 11.9 Å². The fourth-order valence-corrected chi connectivity index (χ4v) is 1.67. The van der Waals surface area contributed by atoms with Crippen LogP contribution in [0, 0.1) is 0 Å². The van der Waals surface area contributed by atoms with Crippen LogP contribution in [0.15, 0.2) is 0 Å². The zero-order chi connectivity index (χ0) is 11.8. The normalized spacial score (nSPS) is 14.7. The molecule has 0 bridgehead atoms. The molecular formula is C12H26N2O. The Bertz CT molecular complexity index is 180. The fourth-order valence-electron chi connectivity index (χ4n) is 1.67. The molecule has 0 aromatic carbocycles. The van der Waals surface area contributed by atoms with E-state index in [1.165, 1.54) is 19.3 Å². The van der Waals surface area contributed by atoms with Crippen molar-refractivity contribution in [2.24, 2.45) is 0 Å². The Hall–Kier alpha value is -0.570. The van der Waals surface area contributed by atoms with Gasteiger partial charge in [-0.25, -0.2) is 0 Å². The van der Waals surface area contributed by atoms with Crippen molar-refractivity contribution >= 4 is 5.91 Å². The van der Waals surface area contributed by atoms with Crippen molar-refractivity contribution in [3.05, 3.63) is 0 Å². The Morgan fingerprint density at radius 2 is 1.87 bits per heavy atom. The van der Waals surface area contributed by atoms with Crippen LogP contribution in [0.4, 0.5) is 0 Å². The maximum atomic E-state index is 11.6. The molecule has 0 aliphatic carbocycles. The summed E-state index contributed by atoms with van der Waals surface area (Å²) in [5, 5.41) is 3.33. The average Bonchev–Trinajstić information content (AvgIpc) is 2.16. The molecule has 2 unspecified atom stereocenters. The molecule has 1 amide bonds. The molecule has 0 rings (SSSR count). The van der Waals surface area contributed by atoms with Crippen LogP contribution in [0.3, 0.4) is 0 Å². The van der Waals surface area contributed by atoms with E-state index in [2.05, 4.69) is 19.2 Å². The zero-order valence-electron chi connectivity index (χ0n) is 10.8. The van der Waals surface area contributed by atoms with Gasteiger partial charge in [0.1, 0.15) is 0 Å². The SMILES string of the molecule is CCCCCC(C)NC(C)C(=O)N(C)C. The van der Waals surface area contributed by atoms with Crippen molar-refractivity contribution in [3.8, 4) is 0 Å². The maximum absolute atomic E-state index is 11.6. The summed E-state index contributed by atoms with van der Waals surface area (Å²) in [6.07, 6.45) is 4.92. The minimum absolute atomic E-state index is 0.0726. The maximum Gasteiger partial charge on any atom is 0.238 e. The molecule has 1 N–H and O–H groups in total. The van der Waals surface area contributed by atoms with Crippen LogP contribution >= 0.6 is 0 Å². The second-order valence-corrected chi connectivity index (χ2v) is 4.52. The van der Waals surface area contributed by atoms with Gasteiger partial charge < -0.3 is 10.2 Å². The Balaban J connectivity index is 3.75. The Kier molecular flexibility index (Phi) is 7.39. The summed E-state index contributed by atoms with van der Waals surface area (Å²) in [6, 6.07) is 0.354. The third-order valence-corrected chi connectivity index (χ3v) is 2.59. The molecule has 90 valence electrons. The van der Waals surface area contributed by atoms with Crippen LogP contribution in [0.25, 0.3) is 0 Å². The smallest absolute Gasteiger partial charge is 0.238 e. The van der Waals surface area contributed by atoms with Gasteiger partial charge in [0.2, 0.25) is 5.91 Å². The highest BCUT2D eigenvalue weighted by Gasteiger charge is 2.16. The molecule has 0 heterocycles. The number of hydrogen-bond acceptors (Lipinski definition) is 2. The summed E-state index contributed by atoms with van der Waals surface area (Å²) in [4.78, 5) is 13.2. The lowest BCUT2D eigenvalue weighted by atomic mass is 10.1. The molecule has 0 saturated heterocycles. The second kappa shape index (κ2) is 7.69. The standard InChI is InChI=1S/C12H26N2O/c1-6-7-8-9-10(2)13-11(3)12(15)14(4)5/h10-11,13H,6-9H2,1-5H3. The molecule has 0 aromatic heterocycles. The topological polar surface area (TPSA) is 32.3 Å². The van der Waals surface area contributed by atoms with Gasteiger partial charge >= 0.3 is 0 Å². The van der Waals surface area contributed by atoms with Gasteiger partial charge in [-0.2, -0.15) is 0 Å². The molecule has 0 saturated carbocycles. The van der Waals surface area contributed by atoms with Gasteiger partial charge in [0.05, 0.1) is 6.04 Å². The first-order chi connectivity index (χ1) is 6.99. The number of nitrogens with one attached hydrogen (secondary N) is 1. The molecule has 2 atom stereocenters. The van der Waals surface area contributed by atoms with E-state index in [1.807, 2.05) is 6.92 Å². The van der Waals surface area contributed by atoms with Gasteiger partial charge in [-0.05, 0) is 20.3 Å². The summed E-state index contributed by atoms with van der Waals surface area (Å²) >= 11 is 0. The van der Waals surface area contributed by atoms with E-state index in [0.717, 1.165) is 6.42 Å². The van der Waals surface area contributed by atoms with Crippen LogP contribution in [-0.2, 0) is 4.79 Å². The second-order valence-electron chi connectivity index (χ2n) is 4.52. The largest absolute Gasteiger partial charge is 0.347 e. The molecular weight excluding hydrogens is 188 g/mol. The van der Waals surface area contributed by atoms with Crippen molar-refractivity contribution in [3.63, 3.8) is 0 Å². The molecule has 0 radical (unpaired) electrons. The van der Waals surface area contributed by atoms with E-state index >= 15 is 0 Å². The van der Waals surface area contributed by atoms with E-state index in [9.17, 15) is 4.79 Å². The van der Waals surface area contributed by atoms with E-state index in [4.69, 9.17) is 0 Å². The van der Waals surface area contributed by atoms with Crippen LogP contribution in [0.1, 0.15) is 46.5 Å². The summed E-state index contributed by atoms with van der Waals surface area (Å²) in [5.41, 5.74) is 0. The Morgan fingerprint density at radius 3 is 2.33 bits per heavy atom. The van der Waals surface area contributed by atoms with Gasteiger partial charge in [0.25, 0.3) is 0 Å². The summed E-state index contributed by atoms with van der Waals surface area (Å²) in [5.74, 6) is 0.150. The van der Waals surface area contributed by atoms with Crippen molar-refractivity contribution in [2.45, 2.75) is 58.5 Å².